The number of nitriles is 1. The molecular formula is C17H14ClFN2OS. The molecule has 1 aliphatic carbocycles. The van der Waals surface area contributed by atoms with Gasteiger partial charge in [-0.3, -0.25) is 4.79 Å². The Labute approximate surface area is 142 Å². The second-order valence-electron chi connectivity index (χ2n) is 5.72. The average molecular weight is 349 g/mol. The lowest BCUT2D eigenvalue weighted by atomic mass is 9.88. The molecule has 6 heteroatoms. The predicted molar refractivity (Wildman–Crippen MR) is 89.6 cm³/mol. The Morgan fingerprint density at radius 3 is 3.00 bits per heavy atom. The van der Waals surface area contributed by atoms with Gasteiger partial charge in [-0.2, -0.15) is 5.26 Å². The van der Waals surface area contributed by atoms with Gasteiger partial charge in [-0.05, 0) is 42.9 Å². The topological polar surface area (TPSA) is 52.9 Å². The molecule has 0 saturated heterocycles. The van der Waals surface area contributed by atoms with Crippen molar-refractivity contribution >= 4 is 33.8 Å². The Morgan fingerprint density at radius 2 is 2.30 bits per heavy atom. The summed E-state index contributed by atoms with van der Waals surface area (Å²) in [4.78, 5) is 13.5. The Morgan fingerprint density at radius 1 is 1.52 bits per heavy atom. The van der Waals surface area contributed by atoms with Crippen LogP contribution in [0.25, 0.3) is 0 Å². The van der Waals surface area contributed by atoms with Gasteiger partial charge in [0, 0.05) is 4.88 Å². The standard InChI is InChI=1S/C17H14ClFN2OS/c1-9-5-6-10-11(8-20)17(23-14(10)7-9)21-16(22)15-12(18)3-2-4-13(15)19/h2-4,9H,5-7H2,1H3,(H,21,22). The Kier molecular flexibility index (Phi) is 4.38. The molecule has 3 nitrogen and oxygen atoms in total. The molecule has 0 radical (unpaired) electrons. The lowest BCUT2D eigenvalue weighted by Crippen LogP contribution is -2.14. The molecule has 23 heavy (non-hydrogen) atoms. The summed E-state index contributed by atoms with van der Waals surface area (Å²) in [5.41, 5.74) is 1.32. The van der Waals surface area contributed by atoms with E-state index in [0.29, 0.717) is 16.5 Å². The highest BCUT2D eigenvalue weighted by Gasteiger charge is 2.25. The van der Waals surface area contributed by atoms with Gasteiger partial charge in [-0.25, -0.2) is 4.39 Å². The Bertz CT molecular complexity index is 804. The zero-order valence-corrected chi connectivity index (χ0v) is 14.0. The van der Waals surface area contributed by atoms with Gasteiger partial charge in [-0.15, -0.1) is 11.3 Å². The smallest absolute Gasteiger partial charge is 0.260 e. The van der Waals surface area contributed by atoms with Crippen LogP contribution in [0.15, 0.2) is 18.2 Å². The lowest BCUT2D eigenvalue weighted by molar-refractivity contribution is 0.102. The number of fused-ring (bicyclic) bond motifs is 1. The number of nitrogens with one attached hydrogen (secondary N) is 1. The minimum absolute atomic E-state index is 0.0518. The van der Waals surface area contributed by atoms with E-state index >= 15 is 0 Å². The van der Waals surface area contributed by atoms with Gasteiger partial charge in [0.25, 0.3) is 5.91 Å². The number of halogens is 2. The first-order chi connectivity index (χ1) is 11.0. The summed E-state index contributed by atoms with van der Waals surface area (Å²) in [6, 6.07) is 6.27. The van der Waals surface area contributed by atoms with E-state index in [1.165, 1.54) is 29.5 Å². The summed E-state index contributed by atoms with van der Waals surface area (Å²) in [7, 11) is 0. The van der Waals surface area contributed by atoms with Gasteiger partial charge in [0.1, 0.15) is 16.9 Å². The molecule has 1 amide bonds. The van der Waals surface area contributed by atoms with Crippen LogP contribution in [0.3, 0.4) is 0 Å². The SMILES string of the molecule is CC1CCc2c(sc(NC(=O)c3c(F)cccc3Cl)c2C#N)C1. The van der Waals surface area contributed by atoms with E-state index in [1.807, 2.05) is 0 Å². The first kappa shape index (κ1) is 16.0. The summed E-state index contributed by atoms with van der Waals surface area (Å²) in [5, 5.41) is 12.6. The normalized spacial score (nSPS) is 16.5. The van der Waals surface area contributed by atoms with Crippen LogP contribution >= 0.6 is 22.9 Å². The van der Waals surface area contributed by atoms with Crippen molar-refractivity contribution in [2.75, 3.05) is 5.32 Å². The third-order valence-corrected chi connectivity index (χ3v) is 5.53. The van der Waals surface area contributed by atoms with E-state index in [2.05, 4.69) is 18.3 Å². The second-order valence-corrected chi connectivity index (χ2v) is 7.23. The summed E-state index contributed by atoms with van der Waals surface area (Å²) < 4.78 is 13.9. The van der Waals surface area contributed by atoms with Crippen molar-refractivity contribution in [3.8, 4) is 6.07 Å². The number of hydrogen-bond donors (Lipinski definition) is 1. The molecule has 0 saturated carbocycles. The zero-order chi connectivity index (χ0) is 16.6. The maximum absolute atomic E-state index is 13.9. The van der Waals surface area contributed by atoms with Gasteiger partial charge in [0.2, 0.25) is 0 Å². The molecule has 118 valence electrons. The Hall–Kier alpha value is -1.90. The number of benzene rings is 1. The fourth-order valence-corrected chi connectivity index (χ4v) is 4.44. The van der Waals surface area contributed by atoms with Gasteiger partial charge >= 0.3 is 0 Å². The quantitative estimate of drug-likeness (QED) is 0.848. The van der Waals surface area contributed by atoms with Crippen LogP contribution in [0.4, 0.5) is 9.39 Å². The van der Waals surface area contributed by atoms with E-state index < -0.39 is 11.7 Å². The highest BCUT2D eigenvalue weighted by atomic mass is 35.5. The summed E-state index contributed by atoms with van der Waals surface area (Å²) >= 11 is 7.33. The molecule has 0 bridgehead atoms. The number of rotatable bonds is 2. The number of anilines is 1. The molecular weight excluding hydrogens is 335 g/mol. The third-order valence-electron chi connectivity index (χ3n) is 4.04. The number of amides is 1. The summed E-state index contributed by atoms with van der Waals surface area (Å²) in [5.74, 6) is -0.739. The van der Waals surface area contributed by atoms with Crippen LogP contribution in [-0.4, -0.2) is 5.91 Å². The van der Waals surface area contributed by atoms with Crippen molar-refractivity contribution in [3.63, 3.8) is 0 Å². The molecule has 0 aliphatic heterocycles. The number of carbonyl (C=O) groups excluding carboxylic acids is 1. The second kappa shape index (κ2) is 6.31. The molecule has 0 fully saturated rings. The first-order valence-electron chi connectivity index (χ1n) is 7.31. The number of carbonyl (C=O) groups is 1. The van der Waals surface area contributed by atoms with E-state index in [-0.39, 0.29) is 10.6 Å². The van der Waals surface area contributed by atoms with Crippen LogP contribution < -0.4 is 5.32 Å². The number of hydrogen-bond acceptors (Lipinski definition) is 3. The van der Waals surface area contributed by atoms with Crippen molar-refractivity contribution in [2.24, 2.45) is 5.92 Å². The van der Waals surface area contributed by atoms with Gasteiger partial charge in [0.15, 0.2) is 0 Å². The lowest BCUT2D eigenvalue weighted by Gasteiger charge is -2.17. The van der Waals surface area contributed by atoms with Gasteiger partial charge in [-0.1, -0.05) is 24.6 Å². The predicted octanol–water partition coefficient (Wildman–Crippen LogP) is 4.79. The van der Waals surface area contributed by atoms with Crippen molar-refractivity contribution in [3.05, 3.63) is 50.6 Å². The largest absolute Gasteiger partial charge is 0.312 e. The first-order valence-corrected chi connectivity index (χ1v) is 8.50. The highest BCUT2D eigenvalue weighted by Crippen LogP contribution is 2.39. The maximum atomic E-state index is 13.9. The molecule has 0 spiro atoms. The minimum Gasteiger partial charge on any atom is -0.312 e. The zero-order valence-electron chi connectivity index (χ0n) is 12.5. The molecule has 2 aromatic rings. The minimum atomic E-state index is -0.677. The molecule has 1 heterocycles. The third kappa shape index (κ3) is 2.97. The molecule has 1 N–H and O–H groups in total. The molecule has 1 aromatic carbocycles. The van der Waals surface area contributed by atoms with Crippen molar-refractivity contribution in [2.45, 2.75) is 26.2 Å². The number of nitrogens with zero attached hydrogens (tertiary/aromatic N) is 1. The van der Waals surface area contributed by atoms with Crippen LogP contribution in [0.5, 0.6) is 0 Å². The molecule has 1 aromatic heterocycles. The van der Waals surface area contributed by atoms with E-state index in [0.717, 1.165) is 29.7 Å². The van der Waals surface area contributed by atoms with E-state index in [4.69, 9.17) is 11.6 Å². The van der Waals surface area contributed by atoms with Crippen molar-refractivity contribution in [1.82, 2.24) is 0 Å². The molecule has 3 rings (SSSR count). The van der Waals surface area contributed by atoms with Crippen LogP contribution in [0, 0.1) is 23.1 Å². The molecule has 1 aliphatic rings. The fourth-order valence-electron chi connectivity index (χ4n) is 2.84. The highest BCUT2D eigenvalue weighted by molar-refractivity contribution is 7.16. The Balaban J connectivity index is 1.95. The van der Waals surface area contributed by atoms with Crippen LogP contribution in [-0.2, 0) is 12.8 Å². The molecule has 1 unspecified atom stereocenters. The monoisotopic (exact) mass is 348 g/mol. The van der Waals surface area contributed by atoms with E-state index in [9.17, 15) is 14.4 Å². The van der Waals surface area contributed by atoms with E-state index in [1.54, 1.807) is 0 Å². The van der Waals surface area contributed by atoms with Crippen molar-refractivity contribution < 1.29 is 9.18 Å². The summed E-state index contributed by atoms with van der Waals surface area (Å²) in [6.45, 7) is 2.17. The van der Waals surface area contributed by atoms with Crippen LogP contribution in [0.1, 0.15) is 39.7 Å². The van der Waals surface area contributed by atoms with Crippen molar-refractivity contribution in [1.29, 1.82) is 5.26 Å². The van der Waals surface area contributed by atoms with Gasteiger partial charge in [0.05, 0.1) is 16.1 Å². The number of thiophene rings is 1. The van der Waals surface area contributed by atoms with Crippen LogP contribution in [0.2, 0.25) is 5.02 Å². The van der Waals surface area contributed by atoms with Gasteiger partial charge < -0.3 is 5.32 Å². The fraction of sp³-hybridized carbons (Fsp3) is 0.294. The average Bonchev–Trinajstić information content (AvgIpc) is 2.82. The molecule has 1 atom stereocenters. The maximum Gasteiger partial charge on any atom is 0.260 e. The summed E-state index contributed by atoms with van der Waals surface area (Å²) in [6.07, 6.45) is 2.78.